The minimum atomic E-state index is -0.996. The highest BCUT2D eigenvalue weighted by molar-refractivity contribution is 7.99. The Labute approximate surface area is 250 Å². The summed E-state index contributed by atoms with van der Waals surface area (Å²) in [5.74, 6) is -0.0560. The first-order valence-corrected chi connectivity index (χ1v) is 14.9. The van der Waals surface area contributed by atoms with Gasteiger partial charge in [0.1, 0.15) is 12.4 Å². The number of hydrogen-bond acceptors (Lipinski definition) is 8. The lowest BCUT2D eigenvalue weighted by atomic mass is 10.1. The molecule has 1 fully saturated rings. The van der Waals surface area contributed by atoms with Crippen LogP contribution in [0, 0.1) is 0 Å². The highest BCUT2D eigenvalue weighted by atomic mass is 32.2. The van der Waals surface area contributed by atoms with Gasteiger partial charge in [-0.25, -0.2) is 4.79 Å². The maximum Gasteiger partial charge on any atom is 0.410 e. The number of hydrogen-bond donors (Lipinski definition) is 0. The largest absolute Gasteiger partial charge is 0.497 e. The third-order valence-corrected chi connectivity index (χ3v) is 8.78. The van der Waals surface area contributed by atoms with Gasteiger partial charge in [-0.1, -0.05) is 54.6 Å². The molecule has 2 aliphatic rings. The predicted molar refractivity (Wildman–Crippen MR) is 161 cm³/mol. The van der Waals surface area contributed by atoms with Gasteiger partial charge in [0.15, 0.2) is 6.10 Å². The summed E-state index contributed by atoms with van der Waals surface area (Å²) < 4.78 is 16.5. The van der Waals surface area contributed by atoms with Crippen LogP contribution in [0.25, 0.3) is 0 Å². The Kier molecular flexibility index (Phi) is 9.66. The summed E-state index contributed by atoms with van der Waals surface area (Å²) in [6.45, 7) is 5.03. The van der Waals surface area contributed by atoms with E-state index in [1.54, 1.807) is 16.9 Å². The van der Waals surface area contributed by atoms with Gasteiger partial charge >= 0.3 is 12.1 Å². The van der Waals surface area contributed by atoms with Crippen LogP contribution in [-0.4, -0.2) is 80.3 Å². The molecule has 42 heavy (non-hydrogen) atoms. The number of carbonyl (C=O) groups excluding carboxylic acids is 3. The van der Waals surface area contributed by atoms with E-state index in [4.69, 9.17) is 14.2 Å². The number of piperazine rings is 1. The van der Waals surface area contributed by atoms with Crippen molar-refractivity contribution in [1.29, 1.82) is 0 Å². The summed E-state index contributed by atoms with van der Waals surface area (Å²) in [6.07, 6.45) is -1.31. The van der Waals surface area contributed by atoms with Crippen LogP contribution in [0.5, 0.6) is 5.75 Å². The van der Waals surface area contributed by atoms with Crippen molar-refractivity contribution < 1.29 is 28.6 Å². The molecule has 0 radical (unpaired) electrons. The van der Waals surface area contributed by atoms with Crippen molar-refractivity contribution in [2.24, 2.45) is 0 Å². The van der Waals surface area contributed by atoms with Crippen LogP contribution in [0.2, 0.25) is 0 Å². The second-order valence-electron chi connectivity index (χ2n) is 10.2. The molecule has 0 unspecified atom stereocenters. The first kappa shape index (κ1) is 29.5. The second-order valence-corrected chi connectivity index (χ2v) is 11.4. The summed E-state index contributed by atoms with van der Waals surface area (Å²) in [6, 6.07) is 24.9. The van der Waals surface area contributed by atoms with Crippen LogP contribution < -0.4 is 9.64 Å². The third kappa shape index (κ3) is 7.06. The zero-order valence-electron chi connectivity index (χ0n) is 23.8. The number of esters is 1. The Morgan fingerprint density at radius 2 is 1.57 bits per heavy atom. The Morgan fingerprint density at radius 1 is 0.881 bits per heavy atom. The summed E-state index contributed by atoms with van der Waals surface area (Å²) >= 11 is 1.52. The van der Waals surface area contributed by atoms with Gasteiger partial charge in [0.2, 0.25) is 0 Å². The molecule has 0 spiro atoms. The van der Waals surface area contributed by atoms with E-state index in [1.165, 1.54) is 18.7 Å². The molecule has 2 aliphatic heterocycles. The van der Waals surface area contributed by atoms with Gasteiger partial charge in [0, 0.05) is 51.1 Å². The molecule has 0 aromatic heterocycles. The number of nitrogens with zero attached hydrogens (tertiary/aromatic N) is 3. The van der Waals surface area contributed by atoms with E-state index < -0.39 is 17.3 Å². The molecule has 2 amide bonds. The normalized spacial score (nSPS) is 19.0. The molecule has 2 heterocycles. The van der Waals surface area contributed by atoms with Crippen molar-refractivity contribution in [2.75, 3.05) is 51.3 Å². The number of fused-ring (bicyclic) bond motifs is 1. The first-order valence-electron chi connectivity index (χ1n) is 14.0. The molecule has 10 heteroatoms. The molecule has 2 atom stereocenters. The van der Waals surface area contributed by atoms with Gasteiger partial charge < -0.3 is 24.0 Å². The van der Waals surface area contributed by atoms with E-state index in [-0.39, 0.29) is 18.6 Å². The minimum absolute atomic E-state index is 0.245. The van der Waals surface area contributed by atoms with Crippen LogP contribution >= 0.6 is 11.8 Å². The van der Waals surface area contributed by atoms with E-state index in [2.05, 4.69) is 4.90 Å². The lowest BCUT2D eigenvalue weighted by Crippen LogP contribution is -2.51. The van der Waals surface area contributed by atoms with Gasteiger partial charge in [0.25, 0.3) is 5.91 Å². The SMILES string of the molecule is COc1ccc([C@@H]2Sc3ccccc3N(CCN3CCN(C(=O)OCc4ccccc4)CC3)C(=O)[C@@H]2OC(C)=O)cc1. The molecule has 220 valence electrons. The van der Waals surface area contributed by atoms with Gasteiger partial charge in [-0.05, 0) is 35.4 Å². The summed E-state index contributed by atoms with van der Waals surface area (Å²) in [7, 11) is 1.60. The second kappa shape index (κ2) is 13.8. The molecule has 0 saturated carbocycles. The van der Waals surface area contributed by atoms with Crippen LogP contribution in [0.1, 0.15) is 23.3 Å². The van der Waals surface area contributed by atoms with Crippen molar-refractivity contribution in [2.45, 2.75) is 29.8 Å². The number of rotatable bonds is 8. The maximum atomic E-state index is 14.1. The fourth-order valence-corrected chi connectivity index (χ4v) is 6.46. The molecule has 5 rings (SSSR count). The molecule has 9 nitrogen and oxygen atoms in total. The number of benzene rings is 3. The van der Waals surface area contributed by atoms with E-state index in [1.807, 2.05) is 78.9 Å². The van der Waals surface area contributed by atoms with Gasteiger partial charge in [-0.15, -0.1) is 11.8 Å². The van der Waals surface area contributed by atoms with Crippen LogP contribution in [0.15, 0.2) is 83.8 Å². The van der Waals surface area contributed by atoms with Crippen molar-refractivity contribution in [1.82, 2.24) is 9.80 Å². The zero-order chi connectivity index (χ0) is 29.5. The molecular weight excluding hydrogens is 554 g/mol. The maximum absolute atomic E-state index is 14.1. The van der Waals surface area contributed by atoms with Crippen molar-refractivity contribution >= 4 is 35.4 Å². The number of thioether (sulfide) groups is 1. The van der Waals surface area contributed by atoms with Crippen molar-refractivity contribution in [3.63, 3.8) is 0 Å². The van der Waals surface area contributed by atoms with Gasteiger partial charge in [-0.2, -0.15) is 0 Å². The first-order chi connectivity index (χ1) is 20.4. The van der Waals surface area contributed by atoms with Gasteiger partial charge in [0.05, 0.1) is 18.0 Å². The Bertz CT molecular complexity index is 1380. The number of anilines is 1. The predicted octanol–water partition coefficient (Wildman–Crippen LogP) is 4.76. The molecule has 0 aliphatic carbocycles. The zero-order valence-corrected chi connectivity index (χ0v) is 24.6. The average Bonchev–Trinajstić information content (AvgIpc) is 3.13. The van der Waals surface area contributed by atoms with Crippen molar-refractivity contribution in [3.05, 3.63) is 90.0 Å². The summed E-state index contributed by atoms with van der Waals surface area (Å²) in [5.41, 5.74) is 2.61. The number of amides is 2. The molecule has 1 saturated heterocycles. The number of para-hydroxylation sites is 1. The topological polar surface area (TPSA) is 88.6 Å². The van der Waals surface area contributed by atoms with Crippen LogP contribution in [-0.2, 0) is 25.7 Å². The minimum Gasteiger partial charge on any atom is -0.497 e. The quantitative estimate of drug-likeness (QED) is 0.348. The summed E-state index contributed by atoms with van der Waals surface area (Å²) in [4.78, 5) is 45.5. The Hall–Kier alpha value is -4.02. The Morgan fingerprint density at radius 3 is 2.26 bits per heavy atom. The van der Waals surface area contributed by atoms with E-state index in [0.29, 0.717) is 45.0 Å². The van der Waals surface area contributed by atoms with E-state index in [9.17, 15) is 14.4 Å². The third-order valence-electron chi connectivity index (χ3n) is 7.41. The van der Waals surface area contributed by atoms with E-state index >= 15 is 0 Å². The molecule has 3 aromatic rings. The monoisotopic (exact) mass is 589 g/mol. The number of carbonyl (C=O) groups is 3. The average molecular weight is 590 g/mol. The molecule has 0 bridgehead atoms. The fraction of sp³-hybridized carbons (Fsp3) is 0.344. The summed E-state index contributed by atoms with van der Waals surface area (Å²) in [5, 5.41) is -0.427. The highest BCUT2D eigenvalue weighted by Crippen LogP contribution is 2.46. The lowest BCUT2D eigenvalue weighted by molar-refractivity contribution is -0.152. The van der Waals surface area contributed by atoms with Gasteiger partial charge in [-0.3, -0.25) is 14.5 Å². The lowest BCUT2D eigenvalue weighted by Gasteiger charge is -2.35. The smallest absolute Gasteiger partial charge is 0.410 e. The standard InChI is InChI=1S/C32H35N3O6S/c1-23(36)41-29-30(25-12-14-26(39-2)15-13-25)42-28-11-7-6-10-27(28)35(31(29)37)21-18-33-16-19-34(20-17-33)32(38)40-22-24-8-4-3-5-9-24/h3-15,29-30H,16-22H2,1-2H3/t29-,30+/m1/s1. The van der Waals surface area contributed by atoms with Crippen LogP contribution in [0.3, 0.4) is 0 Å². The van der Waals surface area contributed by atoms with Crippen LogP contribution in [0.4, 0.5) is 10.5 Å². The molecular formula is C32H35N3O6S. The van der Waals surface area contributed by atoms with Crippen molar-refractivity contribution in [3.8, 4) is 5.75 Å². The van der Waals surface area contributed by atoms with E-state index in [0.717, 1.165) is 21.7 Å². The molecule has 3 aromatic carbocycles. The molecule has 0 N–H and O–H groups in total. The fourth-order valence-electron chi connectivity index (χ4n) is 5.14. The highest BCUT2D eigenvalue weighted by Gasteiger charge is 2.41. The Balaban J connectivity index is 1.25. The number of methoxy groups -OCH3 is 1. The number of ether oxygens (including phenoxy) is 3.